The molecule has 6 heteroatoms. The predicted octanol–water partition coefficient (Wildman–Crippen LogP) is 3.78. The van der Waals surface area contributed by atoms with Gasteiger partial charge in [-0.25, -0.2) is 0 Å². The largest absolute Gasteiger partial charge is 0.378 e. The van der Waals surface area contributed by atoms with E-state index in [2.05, 4.69) is 10.1 Å². The lowest BCUT2D eigenvalue weighted by molar-refractivity contribution is 0.0710. The van der Waals surface area contributed by atoms with Gasteiger partial charge >= 0.3 is 0 Å². The molecule has 2 aromatic carbocycles. The number of nitrogens with zero attached hydrogens (tertiary/aromatic N) is 4. The van der Waals surface area contributed by atoms with Crippen molar-refractivity contribution in [3.8, 4) is 11.4 Å². The highest BCUT2D eigenvalue weighted by Gasteiger charge is 2.34. The van der Waals surface area contributed by atoms with Crippen LogP contribution in [0.15, 0.2) is 59.1 Å². The molecule has 6 nitrogen and oxygen atoms in total. The zero-order chi connectivity index (χ0) is 18.8. The van der Waals surface area contributed by atoms with Gasteiger partial charge in [-0.05, 0) is 31.0 Å². The third kappa shape index (κ3) is 3.43. The molecule has 1 aromatic heterocycles. The highest BCUT2D eigenvalue weighted by Crippen LogP contribution is 2.33. The first-order valence-electron chi connectivity index (χ1n) is 9.11. The van der Waals surface area contributed by atoms with Crippen molar-refractivity contribution in [2.24, 2.45) is 0 Å². The second-order valence-electron chi connectivity index (χ2n) is 6.92. The van der Waals surface area contributed by atoms with Crippen molar-refractivity contribution in [1.82, 2.24) is 15.0 Å². The first kappa shape index (κ1) is 17.3. The van der Waals surface area contributed by atoms with Gasteiger partial charge in [0.25, 0.3) is 5.91 Å². The summed E-state index contributed by atoms with van der Waals surface area (Å²) in [5.41, 5.74) is 2.58. The molecule has 27 heavy (non-hydrogen) atoms. The minimum Gasteiger partial charge on any atom is -0.378 e. The summed E-state index contributed by atoms with van der Waals surface area (Å²) in [4.78, 5) is 21.5. The van der Waals surface area contributed by atoms with Gasteiger partial charge in [0.2, 0.25) is 11.7 Å². The van der Waals surface area contributed by atoms with Crippen LogP contribution < -0.4 is 4.90 Å². The van der Waals surface area contributed by atoms with E-state index in [4.69, 9.17) is 4.52 Å². The van der Waals surface area contributed by atoms with Crippen molar-refractivity contribution in [2.45, 2.75) is 18.9 Å². The Morgan fingerprint density at radius 3 is 2.74 bits per heavy atom. The van der Waals surface area contributed by atoms with Gasteiger partial charge in [-0.3, -0.25) is 4.79 Å². The average molecular weight is 362 g/mol. The fraction of sp³-hybridized carbons (Fsp3) is 0.286. The molecule has 4 rings (SSSR count). The minimum absolute atomic E-state index is 0.000612. The molecular formula is C21H22N4O2. The van der Waals surface area contributed by atoms with Crippen molar-refractivity contribution >= 4 is 11.6 Å². The average Bonchev–Trinajstić information content (AvgIpc) is 3.37. The molecule has 1 amide bonds. The van der Waals surface area contributed by atoms with Crippen LogP contribution in [-0.4, -0.2) is 41.6 Å². The zero-order valence-electron chi connectivity index (χ0n) is 15.5. The van der Waals surface area contributed by atoms with Crippen LogP contribution in [0.2, 0.25) is 0 Å². The molecule has 0 saturated carbocycles. The van der Waals surface area contributed by atoms with E-state index in [0.29, 0.717) is 23.8 Å². The third-order valence-corrected chi connectivity index (χ3v) is 4.88. The number of likely N-dealkylation sites (tertiary alicyclic amines) is 1. The number of rotatable bonds is 4. The molecule has 0 spiro atoms. The number of amides is 1. The Hall–Kier alpha value is -3.15. The molecule has 1 fully saturated rings. The molecule has 1 atom stereocenters. The van der Waals surface area contributed by atoms with Gasteiger partial charge in [-0.2, -0.15) is 4.98 Å². The SMILES string of the molecule is CN(C)c1cccc(C(=O)N2CCCC2c2nc(-c3ccccc3)no2)c1. The van der Waals surface area contributed by atoms with Crippen LogP contribution in [0.3, 0.4) is 0 Å². The Bertz CT molecular complexity index is 936. The van der Waals surface area contributed by atoms with Gasteiger partial charge in [0.15, 0.2) is 0 Å². The van der Waals surface area contributed by atoms with E-state index in [9.17, 15) is 4.79 Å². The van der Waals surface area contributed by atoms with Crippen molar-refractivity contribution < 1.29 is 9.32 Å². The Labute approximate surface area is 158 Å². The molecule has 138 valence electrons. The van der Waals surface area contributed by atoms with Crippen molar-refractivity contribution in [3.63, 3.8) is 0 Å². The normalized spacial score (nSPS) is 16.5. The molecule has 1 aliphatic rings. The predicted molar refractivity (Wildman–Crippen MR) is 104 cm³/mol. The first-order chi connectivity index (χ1) is 13.1. The minimum atomic E-state index is -0.175. The summed E-state index contributed by atoms with van der Waals surface area (Å²) in [6, 6.07) is 17.2. The fourth-order valence-electron chi connectivity index (χ4n) is 3.42. The van der Waals surface area contributed by atoms with Crippen LogP contribution in [0, 0.1) is 0 Å². The molecule has 0 N–H and O–H groups in total. The van der Waals surface area contributed by atoms with Gasteiger partial charge in [0.1, 0.15) is 6.04 Å². The van der Waals surface area contributed by atoms with E-state index in [1.165, 1.54) is 0 Å². The van der Waals surface area contributed by atoms with E-state index < -0.39 is 0 Å². The Balaban J connectivity index is 1.58. The lowest BCUT2D eigenvalue weighted by Crippen LogP contribution is -2.30. The van der Waals surface area contributed by atoms with Crippen molar-refractivity contribution in [1.29, 1.82) is 0 Å². The molecule has 1 saturated heterocycles. The maximum absolute atomic E-state index is 13.1. The van der Waals surface area contributed by atoms with Gasteiger partial charge < -0.3 is 14.3 Å². The highest BCUT2D eigenvalue weighted by molar-refractivity contribution is 5.95. The molecule has 0 bridgehead atoms. The van der Waals surface area contributed by atoms with Crippen LogP contribution >= 0.6 is 0 Å². The summed E-state index contributed by atoms with van der Waals surface area (Å²) in [5.74, 6) is 1.06. The summed E-state index contributed by atoms with van der Waals surface area (Å²) in [6.45, 7) is 0.693. The van der Waals surface area contributed by atoms with Crippen molar-refractivity contribution in [3.05, 3.63) is 66.1 Å². The second-order valence-corrected chi connectivity index (χ2v) is 6.92. The second kappa shape index (κ2) is 7.23. The van der Waals surface area contributed by atoms with E-state index in [1.807, 2.05) is 78.5 Å². The molecule has 2 heterocycles. The summed E-state index contributed by atoms with van der Waals surface area (Å²) < 4.78 is 5.52. The van der Waals surface area contributed by atoms with Crippen molar-refractivity contribution in [2.75, 3.05) is 25.5 Å². The van der Waals surface area contributed by atoms with Gasteiger partial charge in [-0.1, -0.05) is 41.6 Å². The van der Waals surface area contributed by atoms with Crippen LogP contribution in [0.5, 0.6) is 0 Å². The van der Waals surface area contributed by atoms with Crippen LogP contribution in [0.4, 0.5) is 5.69 Å². The maximum Gasteiger partial charge on any atom is 0.254 e. The van der Waals surface area contributed by atoms with Gasteiger partial charge in [0.05, 0.1) is 0 Å². The van der Waals surface area contributed by atoms with Crippen LogP contribution in [0.25, 0.3) is 11.4 Å². The molecule has 1 unspecified atom stereocenters. The Morgan fingerprint density at radius 1 is 1.15 bits per heavy atom. The molecule has 3 aromatic rings. The summed E-state index contributed by atoms with van der Waals surface area (Å²) >= 11 is 0. The number of benzene rings is 2. The van der Waals surface area contributed by atoms with Gasteiger partial charge in [-0.15, -0.1) is 0 Å². The quantitative estimate of drug-likeness (QED) is 0.707. The fourth-order valence-corrected chi connectivity index (χ4v) is 3.42. The van der Waals surface area contributed by atoms with Crippen LogP contribution in [0.1, 0.15) is 35.1 Å². The standard InChI is InChI=1S/C21H22N4O2/c1-24(2)17-11-6-10-16(14-17)21(26)25-13-7-12-18(25)20-22-19(23-27-20)15-8-4-3-5-9-15/h3-6,8-11,14,18H,7,12-13H2,1-2H3. The first-order valence-corrected chi connectivity index (χ1v) is 9.11. The summed E-state index contributed by atoms with van der Waals surface area (Å²) in [6.07, 6.45) is 1.75. The third-order valence-electron chi connectivity index (χ3n) is 4.88. The van der Waals surface area contributed by atoms with E-state index >= 15 is 0 Å². The van der Waals surface area contributed by atoms with E-state index in [0.717, 1.165) is 24.1 Å². The lowest BCUT2D eigenvalue weighted by atomic mass is 10.1. The number of anilines is 1. The molecule has 1 aliphatic heterocycles. The van der Waals surface area contributed by atoms with E-state index in [1.54, 1.807) is 0 Å². The monoisotopic (exact) mass is 362 g/mol. The smallest absolute Gasteiger partial charge is 0.254 e. The van der Waals surface area contributed by atoms with Gasteiger partial charge in [0, 0.05) is 37.5 Å². The highest BCUT2D eigenvalue weighted by atomic mass is 16.5. The van der Waals surface area contributed by atoms with Crippen LogP contribution in [-0.2, 0) is 0 Å². The Kier molecular flexibility index (Phi) is 4.62. The number of aromatic nitrogens is 2. The molecular weight excluding hydrogens is 340 g/mol. The Morgan fingerprint density at radius 2 is 1.96 bits per heavy atom. The maximum atomic E-state index is 13.1. The number of hydrogen-bond donors (Lipinski definition) is 0. The molecule has 0 radical (unpaired) electrons. The lowest BCUT2D eigenvalue weighted by Gasteiger charge is -2.22. The number of hydrogen-bond acceptors (Lipinski definition) is 5. The number of carbonyl (C=O) groups is 1. The van der Waals surface area contributed by atoms with E-state index in [-0.39, 0.29) is 11.9 Å². The topological polar surface area (TPSA) is 62.5 Å². The molecule has 0 aliphatic carbocycles. The number of carbonyl (C=O) groups excluding carboxylic acids is 1. The zero-order valence-corrected chi connectivity index (χ0v) is 15.5. The summed E-state index contributed by atoms with van der Waals surface area (Å²) in [5, 5.41) is 4.10. The summed E-state index contributed by atoms with van der Waals surface area (Å²) in [7, 11) is 3.93.